The van der Waals surface area contributed by atoms with Crippen LogP contribution in [-0.2, 0) is 23.8 Å². The summed E-state index contributed by atoms with van der Waals surface area (Å²) in [6, 6.07) is -1.02. The molecule has 1 amide bonds. The van der Waals surface area contributed by atoms with E-state index in [9.17, 15) is 35.1 Å². The van der Waals surface area contributed by atoms with Crippen LogP contribution in [0.25, 0.3) is 0 Å². The van der Waals surface area contributed by atoms with Gasteiger partial charge in [0.2, 0.25) is 5.91 Å². The summed E-state index contributed by atoms with van der Waals surface area (Å²) >= 11 is 0. The van der Waals surface area contributed by atoms with E-state index in [4.69, 9.17) is 14.2 Å². The average molecular weight is 1160 g/mol. The van der Waals surface area contributed by atoms with Gasteiger partial charge in [-0.25, -0.2) is 0 Å². The minimum absolute atomic E-state index is 0.127. The van der Waals surface area contributed by atoms with Gasteiger partial charge >= 0.3 is 5.97 Å². The number of hydrogen-bond acceptors (Lipinski definition) is 10. The van der Waals surface area contributed by atoms with Gasteiger partial charge in [-0.1, -0.05) is 314 Å². The maximum Gasteiger partial charge on any atom is 0.306 e. The Morgan fingerprint density at radius 1 is 0.476 bits per heavy atom. The lowest BCUT2D eigenvalue weighted by Crippen LogP contribution is -2.61. The van der Waals surface area contributed by atoms with Crippen molar-refractivity contribution in [1.29, 1.82) is 0 Å². The number of esters is 1. The summed E-state index contributed by atoms with van der Waals surface area (Å²) in [7, 11) is 0. The molecule has 0 aromatic heterocycles. The molecule has 1 saturated heterocycles. The molecule has 8 atom stereocenters. The Morgan fingerprint density at radius 3 is 1.27 bits per heavy atom. The van der Waals surface area contributed by atoms with Crippen LogP contribution in [0.15, 0.2) is 36.5 Å². The van der Waals surface area contributed by atoms with Crippen LogP contribution < -0.4 is 5.32 Å². The van der Waals surface area contributed by atoms with Crippen LogP contribution in [0.3, 0.4) is 0 Å². The van der Waals surface area contributed by atoms with E-state index < -0.39 is 67.4 Å². The molecule has 8 unspecified atom stereocenters. The fourth-order valence-corrected chi connectivity index (χ4v) is 11.2. The number of amides is 1. The summed E-state index contributed by atoms with van der Waals surface area (Å²) in [4.78, 5) is 26.6. The normalized spacial score (nSPS) is 18.8. The van der Waals surface area contributed by atoms with E-state index in [1.807, 2.05) is 6.08 Å². The highest BCUT2D eigenvalue weighted by Gasteiger charge is 2.47. The maximum absolute atomic E-state index is 13.5. The van der Waals surface area contributed by atoms with Crippen molar-refractivity contribution in [3.63, 3.8) is 0 Å². The molecule has 82 heavy (non-hydrogen) atoms. The van der Waals surface area contributed by atoms with Crippen molar-refractivity contribution in [2.75, 3.05) is 13.2 Å². The van der Waals surface area contributed by atoms with Gasteiger partial charge in [0, 0.05) is 6.42 Å². The van der Waals surface area contributed by atoms with Crippen molar-refractivity contribution in [3.8, 4) is 0 Å². The van der Waals surface area contributed by atoms with E-state index in [0.717, 1.165) is 64.2 Å². The van der Waals surface area contributed by atoms with Gasteiger partial charge in [-0.3, -0.25) is 9.59 Å². The van der Waals surface area contributed by atoms with E-state index >= 15 is 0 Å². The van der Waals surface area contributed by atoms with E-state index in [2.05, 4.69) is 50.4 Å². The fraction of sp³-hybridized carbons (Fsp3) is 0.887. The molecular formula is C71H133NO10. The highest BCUT2D eigenvalue weighted by atomic mass is 16.7. The van der Waals surface area contributed by atoms with Crippen LogP contribution in [0.4, 0.5) is 0 Å². The van der Waals surface area contributed by atoms with Gasteiger partial charge in [-0.2, -0.15) is 0 Å². The van der Waals surface area contributed by atoms with E-state index in [0.29, 0.717) is 19.3 Å². The molecule has 1 fully saturated rings. The van der Waals surface area contributed by atoms with Crippen molar-refractivity contribution >= 4 is 11.9 Å². The zero-order valence-electron chi connectivity index (χ0n) is 53.6. The van der Waals surface area contributed by atoms with Gasteiger partial charge in [0.25, 0.3) is 0 Å². The number of carbonyl (C=O) groups is 2. The van der Waals surface area contributed by atoms with Crippen molar-refractivity contribution in [3.05, 3.63) is 36.5 Å². The molecule has 11 heteroatoms. The molecule has 0 aromatic rings. The van der Waals surface area contributed by atoms with Crippen LogP contribution in [0, 0.1) is 0 Å². The lowest BCUT2D eigenvalue weighted by Gasteiger charge is -2.41. The number of aliphatic hydroxyl groups excluding tert-OH is 5. The number of ether oxygens (including phenoxy) is 3. The maximum atomic E-state index is 13.5. The number of rotatable bonds is 61. The van der Waals surface area contributed by atoms with Gasteiger partial charge in [-0.05, 0) is 57.8 Å². The second-order valence-electron chi connectivity index (χ2n) is 24.6. The number of hydrogen-bond donors (Lipinski definition) is 6. The number of allylic oxidation sites excluding steroid dienone is 5. The van der Waals surface area contributed by atoms with Crippen molar-refractivity contribution in [1.82, 2.24) is 5.32 Å². The van der Waals surface area contributed by atoms with Crippen LogP contribution >= 0.6 is 0 Å². The van der Waals surface area contributed by atoms with E-state index in [-0.39, 0.29) is 13.0 Å². The van der Waals surface area contributed by atoms with Gasteiger partial charge < -0.3 is 45.1 Å². The third-order valence-corrected chi connectivity index (χ3v) is 16.8. The minimum atomic E-state index is -1.61. The average Bonchev–Trinajstić information content (AvgIpc) is 3.56. The summed E-state index contributed by atoms with van der Waals surface area (Å²) in [5, 5.41) is 57.2. The number of nitrogens with one attached hydrogen (secondary N) is 1. The second kappa shape index (κ2) is 59.2. The molecule has 1 aliphatic heterocycles. The van der Waals surface area contributed by atoms with Crippen LogP contribution in [-0.4, -0.2) is 99.6 Å². The predicted molar refractivity (Wildman–Crippen MR) is 343 cm³/mol. The Kier molecular flexibility index (Phi) is 56.3. The lowest BCUT2D eigenvalue weighted by atomic mass is 9.99. The molecule has 1 rings (SSSR count). The molecule has 0 bridgehead atoms. The summed E-state index contributed by atoms with van der Waals surface area (Å²) in [6.45, 7) is 5.81. The Hall–Kier alpha value is -2.12. The molecular weight excluding hydrogens is 1030 g/mol. The molecule has 482 valence electrons. The smallest absolute Gasteiger partial charge is 0.306 e. The highest BCUT2D eigenvalue weighted by molar-refractivity contribution is 5.80. The van der Waals surface area contributed by atoms with Crippen molar-refractivity contribution in [2.24, 2.45) is 0 Å². The third kappa shape index (κ3) is 46.1. The number of aliphatic hydroxyl groups is 5. The first kappa shape index (κ1) is 77.9. The van der Waals surface area contributed by atoms with Crippen LogP contribution in [0.5, 0.6) is 0 Å². The molecule has 0 spiro atoms. The molecule has 0 aliphatic carbocycles. The highest BCUT2D eigenvalue weighted by Crippen LogP contribution is 2.26. The first-order valence-corrected chi connectivity index (χ1v) is 35.3. The summed E-state index contributed by atoms with van der Waals surface area (Å²) < 4.78 is 17.7. The SMILES string of the molecule is CCCCC/C=C\C/C=C\CCCCCCCCCCCCCCCCCC(=O)OC1C(OCC(NC(=O)C(O)CCCCCCCCCCCCCCCCCC)C(O)/C=C/CCCCCCCCCCCC)OC(CO)C(O)C1O. The molecule has 6 N–H and O–H groups in total. The second-order valence-corrected chi connectivity index (χ2v) is 24.6. The third-order valence-electron chi connectivity index (χ3n) is 16.8. The molecule has 0 saturated carbocycles. The van der Waals surface area contributed by atoms with Crippen LogP contribution in [0.1, 0.15) is 342 Å². The molecule has 0 radical (unpaired) electrons. The molecule has 0 aromatic carbocycles. The Balaban J connectivity index is 2.55. The quantitative estimate of drug-likeness (QED) is 0.0195. The first-order valence-electron chi connectivity index (χ1n) is 35.3. The Morgan fingerprint density at radius 2 is 0.841 bits per heavy atom. The Bertz CT molecular complexity index is 1470. The summed E-state index contributed by atoms with van der Waals surface area (Å²) in [6.07, 6.45) is 61.9. The predicted octanol–water partition coefficient (Wildman–Crippen LogP) is 17.8. The summed E-state index contributed by atoms with van der Waals surface area (Å²) in [5.74, 6) is -1.18. The lowest BCUT2D eigenvalue weighted by molar-refractivity contribution is -0.305. The van der Waals surface area contributed by atoms with Gasteiger partial charge in [0.1, 0.15) is 24.4 Å². The zero-order chi connectivity index (χ0) is 59.6. The number of carbonyl (C=O) groups excluding carboxylic acids is 2. The van der Waals surface area contributed by atoms with Crippen molar-refractivity contribution in [2.45, 2.75) is 391 Å². The fourth-order valence-electron chi connectivity index (χ4n) is 11.2. The first-order chi connectivity index (χ1) is 40.2. The van der Waals surface area contributed by atoms with Crippen molar-refractivity contribution < 1.29 is 49.3 Å². The standard InChI is InChI=1S/C71H133NO10/c1-4-7-10-13-16-19-22-25-27-29-30-31-32-33-34-35-36-37-39-41-44-47-50-53-56-59-66(76)82-69-68(78)67(77)65(60-73)81-71(69)80-61-62(63(74)57-54-51-48-45-42-24-21-18-15-12-9-6-3)72-70(79)64(75)58-55-52-49-46-43-40-38-28-26-23-20-17-14-11-8-5-2/h16,19,25,27,54,57,62-65,67-69,71,73-75,77-78H,4-15,17-18,20-24,26,28-53,55-56,58-61H2,1-3H3,(H,72,79)/b19-16-,27-25-,57-54+. The molecule has 1 heterocycles. The number of unbranched alkanes of at least 4 members (excludes halogenated alkanes) is 43. The van der Waals surface area contributed by atoms with Crippen LogP contribution in [0.2, 0.25) is 0 Å². The van der Waals surface area contributed by atoms with Gasteiger partial charge in [0.15, 0.2) is 12.4 Å². The van der Waals surface area contributed by atoms with E-state index in [1.54, 1.807) is 6.08 Å². The molecule has 11 nitrogen and oxygen atoms in total. The molecule has 1 aliphatic rings. The van der Waals surface area contributed by atoms with Gasteiger partial charge in [0.05, 0.1) is 25.4 Å². The Labute approximate surface area is 504 Å². The minimum Gasteiger partial charge on any atom is -0.454 e. The topological polar surface area (TPSA) is 175 Å². The monoisotopic (exact) mass is 1160 g/mol. The largest absolute Gasteiger partial charge is 0.454 e. The summed E-state index contributed by atoms with van der Waals surface area (Å²) in [5.41, 5.74) is 0. The van der Waals surface area contributed by atoms with E-state index in [1.165, 1.54) is 231 Å². The van der Waals surface area contributed by atoms with Gasteiger partial charge in [-0.15, -0.1) is 0 Å². The zero-order valence-corrected chi connectivity index (χ0v) is 53.6.